The van der Waals surface area contributed by atoms with Gasteiger partial charge in [-0.25, -0.2) is 0 Å². The second-order valence-electron chi connectivity index (χ2n) is 3.89. The fourth-order valence-electron chi connectivity index (χ4n) is 1.62. The molecule has 1 N–H and O–H groups in total. The van der Waals surface area contributed by atoms with Gasteiger partial charge in [0.2, 0.25) is 0 Å². The van der Waals surface area contributed by atoms with Crippen LogP contribution in [0.1, 0.15) is 29.9 Å². The minimum Gasteiger partial charge on any atom is -0.406 e. The van der Waals surface area contributed by atoms with E-state index in [1.54, 1.807) is 6.07 Å². The number of aliphatic hydroxyl groups is 1. The SMILES string of the molecule is OCc1cc(OC(F)(F)F)cc(C2CC2)c1. The monoisotopic (exact) mass is 232 g/mol. The van der Waals surface area contributed by atoms with Gasteiger partial charge in [-0.2, -0.15) is 0 Å². The molecule has 0 unspecified atom stereocenters. The maximum absolute atomic E-state index is 12.0. The zero-order chi connectivity index (χ0) is 11.8. The molecule has 1 aliphatic carbocycles. The molecule has 1 aromatic rings. The summed E-state index contributed by atoms with van der Waals surface area (Å²) in [6.07, 6.45) is -2.71. The van der Waals surface area contributed by atoms with Crippen molar-refractivity contribution in [3.8, 4) is 5.75 Å². The third kappa shape index (κ3) is 2.88. The van der Waals surface area contributed by atoms with Gasteiger partial charge in [-0.05, 0) is 42.0 Å². The summed E-state index contributed by atoms with van der Waals surface area (Å²) in [5.74, 6) is 0.0723. The van der Waals surface area contributed by atoms with E-state index in [2.05, 4.69) is 4.74 Å². The maximum Gasteiger partial charge on any atom is 0.573 e. The normalized spacial score (nSPS) is 16.2. The molecular formula is C11H11F3O2. The Morgan fingerprint density at radius 2 is 1.94 bits per heavy atom. The highest BCUT2D eigenvalue weighted by Crippen LogP contribution is 2.42. The second-order valence-corrected chi connectivity index (χ2v) is 3.89. The molecule has 0 heterocycles. The van der Waals surface area contributed by atoms with Crippen LogP contribution in [0, 0.1) is 0 Å². The molecule has 1 aliphatic rings. The predicted octanol–water partition coefficient (Wildman–Crippen LogP) is 2.95. The van der Waals surface area contributed by atoms with Crippen molar-refractivity contribution in [3.05, 3.63) is 29.3 Å². The summed E-state index contributed by atoms with van der Waals surface area (Å²) >= 11 is 0. The van der Waals surface area contributed by atoms with Crippen LogP contribution in [-0.4, -0.2) is 11.5 Å². The van der Waals surface area contributed by atoms with Crippen molar-refractivity contribution in [2.24, 2.45) is 0 Å². The van der Waals surface area contributed by atoms with Gasteiger partial charge >= 0.3 is 6.36 Å². The largest absolute Gasteiger partial charge is 0.573 e. The Kier molecular flexibility index (Phi) is 2.80. The zero-order valence-electron chi connectivity index (χ0n) is 8.42. The Balaban J connectivity index is 2.25. The zero-order valence-corrected chi connectivity index (χ0v) is 8.42. The summed E-state index contributed by atoms with van der Waals surface area (Å²) in [5, 5.41) is 8.95. The number of rotatable bonds is 3. The van der Waals surface area contributed by atoms with Crippen molar-refractivity contribution in [1.29, 1.82) is 0 Å². The average molecular weight is 232 g/mol. The van der Waals surface area contributed by atoms with Gasteiger partial charge in [0.25, 0.3) is 0 Å². The molecule has 16 heavy (non-hydrogen) atoms. The number of hydrogen-bond donors (Lipinski definition) is 1. The first kappa shape index (κ1) is 11.3. The van der Waals surface area contributed by atoms with E-state index in [-0.39, 0.29) is 12.4 Å². The third-order valence-corrected chi connectivity index (χ3v) is 2.45. The van der Waals surface area contributed by atoms with Crippen LogP contribution in [0.5, 0.6) is 5.75 Å². The standard InChI is InChI=1S/C11H11F3O2/c12-11(13,14)16-10-4-7(6-15)3-9(5-10)8-1-2-8/h3-5,8,15H,1-2,6H2. The number of alkyl halides is 3. The highest BCUT2D eigenvalue weighted by Gasteiger charge is 2.32. The van der Waals surface area contributed by atoms with Crippen LogP contribution in [0.15, 0.2) is 18.2 Å². The van der Waals surface area contributed by atoms with E-state index in [1.165, 1.54) is 12.1 Å². The average Bonchev–Trinajstić information content (AvgIpc) is 2.97. The Morgan fingerprint density at radius 1 is 1.25 bits per heavy atom. The van der Waals surface area contributed by atoms with Gasteiger partial charge in [-0.1, -0.05) is 6.07 Å². The van der Waals surface area contributed by atoms with Crippen molar-refractivity contribution in [3.63, 3.8) is 0 Å². The van der Waals surface area contributed by atoms with Crippen LogP contribution >= 0.6 is 0 Å². The molecule has 1 fully saturated rings. The molecule has 0 spiro atoms. The lowest BCUT2D eigenvalue weighted by atomic mass is 10.1. The molecule has 1 aromatic carbocycles. The first-order valence-corrected chi connectivity index (χ1v) is 4.98. The quantitative estimate of drug-likeness (QED) is 0.868. The van der Waals surface area contributed by atoms with Crippen LogP contribution in [-0.2, 0) is 6.61 Å². The molecule has 88 valence electrons. The topological polar surface area (TPSA) is 29.5 Å². The van der Waals surface area contributed by atoms with E-state index in [4.69, 9.17) is 5.11 Å². The molecule has 0 bridgehead atoms. The van der Waals surface area contributed by atoms with Gasteiger partial charge in [-0.3, -0.25) is 0 Å². The number of halogens is 3. The van der Waals surface area contributed by atoms with Crippen LogP contribution in [0.3, 0.4) is 0 Å². The lowest BCUT2D eigenvalue weighted by Crippen LogP contribution is -2.17. The summed E-state index contributed by atoms with van der Waals surface area (Å²) in [6, 6.07) is 4.32. The first-order chi connectivity index (χ1) is 7.48. The summed E-state index contributed by atoms with van der Waals surface area (Å²) in [4.78, 5) is 0. The highest BCUT2D eigenvalue weighted by atomic mass is 19.4. The molecule has 0 amide bonds. The third-order valence-electron chi connectivity index (χ3n) is 2.45. The fraction of sp³-hybridized carbons (Fsp3) is 0.455. The van der Waals surface area contributed by atoms with Crippen LogP contribution in [0.2, 0.25) is 0 Å². The van der Waals surface area contributed by atoms with Crippen molar-refractivity contribution in [2.45, 2.75) is 31.7 Å². The van der Waals surface area contributed by atoms with E-state index in [0.717, 1.165) is 18.4 Å². The van der Waals surface area contributed by atoms with Crippen molar-refractivity contribution >= 4 is 0 Å². The van der Waals surface area contributed by atoms with Gasteiger partial charge in [-0.15, -0.1) is 13.2 Å². The number of aliphatic hydroxyl groups excluding tert-OH is 1. The lowest BCUT2D eigenvalue weighted by molar-refractivity contribution is -0.274. The molecular weight excluding hydrogens is 221 g/mol. The molecule has 2 rings (SSSR count). The Morgan fingerprint density at radius 3 is 2.44 bits per heavy atom. The number of hydrogen-bond acceptors (Lipinski definition) is 2. The molecule has 2 nitrogen and oxygen atoms in total. The summed E-state index contributed by atoms with van der Waals surface area (Å²) in [6.45, 7) is -0.283. The summed E-state index contributed by atoms with van der Waals surface area (Å²) < 4.78 is 40.0. The van der Waals surface area contributed by atoms with E-state index in [0.29, 0.717) is 11.5 Å². The molecule has 0 atom stereocenters. The molecule has 0 aromatic heterocycles. The Hall–Kier alpha value is -1.23. The van der Waals surface area contributed by atoms with E-state index < -0.39 is 6.36 Å². The van der Waals surface area contributed by atoms with Crippen molar-refractivity contribution in [1.82, 2.24) is 0 Å². The minimum absolute atomic E-state index is 0.249. The Labute approximate surface area is 90.7 Å². The van der Waals surface area contributed by atoms with Crippen molar-refractivity contribution < 1.29 is 23.0 Å². The second kappa shape index (κ2) is 3.97. The van der Waals surface area contributed by atoms with Crippen LogP contribution in [0.4, 0.5) is 13.2 Å². The predicted molar refractivity (Wildman–Crippen MR) is 51.0 cm³/mol. The van der Waals surface area contributed by atoms with Crippen LogP contribution in [0.25, 0.3) is 0 Å². The van der Waals surface area contributed by atoms with Gasteiger partial charge in [0.05, 0.1) is 6.61 Å². The first-order valence-electron chi connectivity index (χ1n) is 4.98. The van der Waals surface area contributed by atoms with Gasteiger partial charge < -0.3 is 9.84 Å². The molecule has 1 saturated carbocycles. The van der Waals surface area contributed by atoms with E-state index in [1.807, 2.05) is 0 Å². The summed E-state index contributed by atoms with van der Waals surface area (Å²) in [7, 11) is 0. The van der Waals surface area contributed by atoms with Crippen molar-refractivity contribution in [2.75, 3.05) is 0 Å². The van der Waals surface area contributed by atoms with E-state index in [9.17, 15) is 13.2 Å². The lowest BCUT2D eigenvalue weighted by Gasteiger charge is -2.11. The van der Waals surface area contributed by atoms with E-state index >= 15 is 0 Å². The maximum atomic E-state index is 12.0. The smallest absolute Gasteiger partial charge is 0.406 e. The molecule has 0 aliphatic heterocycles. The Bertz CT molecular complexity index is 383. The fourth-order valence-corrected chi connectivity index (χ4v) is 1.62. The minimum atomic E-state index is -4.69. The highest BCUT2D eigenvalue weighted by molar-refractivity contribution is 5.37. The molecule has 0 radical (unpaired) electrons. The van der Waals surface area contributed by atoms with Gasteiger partial charge in [0.1, 0.15) is 5.75 Å². The number of ether oxygens (including phenoxy) is 1. The number of benzene rings is 1. The van der Waals surface area contributed by atoms with Crippen LogP contribution < -0.4 is 4.74 Å². The summed E-state index contributed by atoms with van der Waals surface area (Å²) in [5.41, 5.74) is 1.26. The molecule has 0 saturated heterocycles. The van der Waals surface area contributed by atoms with Gasteiger partial charge in [0, 0.05) is 0 Å². The van der Waals surface area contributed by atoms with Gasteiger partial charge in [0.15, 0.2) is 0 Å². The molecule has 5 heteroatoms.